The molecule has 1 aliphatic rings. The van der Waals surface area contributed by atoms with Crippen molar-refractivity contribution in [3.8, 4) is 0 Å². The molecule has 1 N–H and O–H groups in total. The topological polar surface area (TPSA) is 77.6 Å². The van der Waals surface area contributed by atoms with Crippen molar-refractivity contribution in [3.63, 3.8) is 0 Å². The molecule has 112 valence electrons. The van der Waals surface area contributed by atoms with Gasteiger partial charge in [0.05, 0.1) is 24.6 Å². The summed E-state index contributed by atoms with van der Waals surface area (Å²) >= 11 is 0. The molecule has 0 spiro atoms. The first kappa shape index (κ1) is 13.8. The van der Waals surface area contributed by atoms with Gasteiger partial charge in [-0.15, -0.1) is 0 Å². The molecule has 3 rings (SSSR count). The maximum absolute atomic E-state index is 12.2. The van der Waals surface area contributed by atoms with E-state index in [0.29, 0.717) is 6.54 Å². The second-order valence-corrected chi connectivity index (χ2v) is 5.28. The van der Waals surface area contributed by atoms with Crippen LogP contribution in [-0.4, -0.2) is 30.9 Å². The van der Waals surface area contributed by atoms with E-state index in [-0.39, 0.29) is 5.69 Å². The zero-order valence-corrected chi connectivity index (χ0v) is 12.2. The Hall–Kier alpha value is -2.18. The third-order valence-electron chi connectivity index (χ3n) is 3.60. The average molecular weight is 288 g/mol. The standard InChI is InChI=1S/C14H20N6O/c1-2-6-15-12-9-16-11(8-17-12)10-20-14(21)19-7-4-3-5-13(19)18-20/h8-9H,2-7,10H2,1H3,(H,15,17). The number of hydrogen-bond donors (Lipinski definition) is 1. The molecule has 0 bridgehead atoms. The molecular formula is C14H20N6O. The minimum absolute atomic E-state index is 0.0420. The molecule has 0 aromatic carbocycles. The van der Waals surface area contributed by atoms with E-state index in [2.05, 4.69) is 27.3 Å². The van der Waals surface area contributed by atoms with Gasteiger partial charge in [-0.05, 0) is 19.3 Å². The normalized spacial score (nSPS) is 14.0. The second kappa shape index (κ2) is 6.07. The molecule has 0 atom stereocenters. The summed E-state index contributed by atoms with van der Waals surface area (Å²) in [6.45, 7) is 4.13. The molecule has 0 unspecified atom stereocenters. The van der Waals surface area contributed by atoms with Crippen LogP contribution in [0.4, 0.5) is 5.82 Å². The third-order valence-corrected chi connectivity index (χ3v) is 3.60. The Kier molecular flexibility index (Phi) is 3.98. The molecule has 0 fully saturated rings. The van der Waals surface area contributed by atoms with E-state index >= 15 is 0 Å². The van der Waals surface area contributed by atoms with Gasteiger partial charge in [0.1, 0.15) is 11.6 Å². The molecule has 7 nitrogen and oxygen atoms in total. The lowest BCUT2D eigenvalue weighted by Gasteiger charge is -2.09. The van der Waals surface area contributed by atoms with Crippen LogP contribution in [0.3, 0.4) is 0 Å². The predicted octanol–water partition coefficient (Wildman–Crippen LogP) is 1.04. The number of anilines is 1. The second-order valence-electron chi connectivity index (χ2n) is 5.28. The number of nitrogens with zero attached hydrogens (tertiary/aromatic N) is 5. The van der Waals surface area contributed by atoms with Crippen LogP contribution in [0.5, 0.6) is 0 Å². The number of hydrogen-bond acceptors (Lipinski definition) is 5. The first-order chi connectivity index (χ1) is 10.3. The summed E-state index contributed by atoms with van der Waals surface area (Å²) in [4.78, 5) is 20.9. The Morgan fingerprint density at radius 2 is 2.19 bits per heavy atom. The van der Waals surface area contributed by atoms with E-state index < -0.39 is 0 Å². The van der Waals surface area contributed by atoms with Gasteiger partial charge in [0.25, 0.3) is 0 Å². The first-order valence-corrected chi connectivity index (χ1v) is 7.49. The highest BCUT2D eigenvalue weighted by Gasteiger charge is 2.16. The Balaban J connectivity index is 1.74. The molecule has 0 saturated carbocycles. The minimum atomic E-state index is -0.0420. The molecule has 3 heterocycles. The fourth-order valence-corrected chi connectivity index (χ4v) is 2.49. The van der Waals surface area contributed by atoms with Crippen LogP contribution in [0.15, 0.2) is 17.2 Å². The maximum atomic E-state index is 12.2. The summed E-state index contributed by atoms with van der Waals surface area (Å²) in [5, 5.41) is 7.58. The van der Waals surface area contributed by atoms with E-state index in [4.69, 9.17) is 0 Å². The number of fused-ring (bicyclic) bond motifs is 1. The van der Waals surface area contributed by atoms with Gasteiger partial charge in [-0.2, -0.15) is 5.10 Å². The summed E-state index contributed by atoms with van der Waals surface area (Å²) in [5.41, 5.74) is 0.703. The highest BCUT2D eigenvalue weighted by Crippen LogP contribution is 2.10. The van der Waals surface area contributed by atoms with Gasteiger partial charge in [0.15, 0.2) is 0 Å². The van der Waals surface area contributed by atoms with Crippen molar-refractivity contribution in [1.29, 1.82) is 0 Å². The van der Waals surface area contributed by atoms with E-state index in [1.165, 1.54) is 4.68 Å². The van der Waals surface area contributed by atoms with Gasteiger partial charge in [-0.3, -0.25) is 9.55 Å². The van der Waals surface area contributed by atoms with Gasteiger partial charge in [-0.25, -0.2) is 14.5 Å². The summed E-state index contributed by atoms with van der Waals surface area (Å²) < 4.78 is 3.26. The summed E-state index contributed by atoms with van der Waals surface area (Å²) in [6, 6.07) is 0. The first-order valence-electron chi connectivity index (χ1n) is 7.49. The molecule has 0 aliphatic carbocycles. The predicted molar refractivity (Wildman–Crippen MR) is 79.3 cm³/mol. The average Bonchev–Trinajstić information content (AvgIpc) is 2.83. The molecule has 0 saturated heterocycles. The zero-order valence-electron chi connectivity index (χ0n) is 12.2. The van der Waals surface area contributed by atoms with Crippen LogP contribution in [0.2, 0.25) is 0 Å². The van der Waals surface area contributed by atoms with Crippen LogP contribution in [0.25, 0.3) is 0 Å². The number of nitrogens with one attached hydrogen (secondary N) is 1. The van der Waals surface area contributed by atoms with Crippen LogP contribution in [0, 0.1) is 0 Å². The van der Waals surface area contributed by atoms with Gasteiger partial charge in [-0.1, -0.05) is 6.92 Å². The lowest BCUT2D eigenvalue weighted by molar-refractivity contribution is 0.511. The number of aromatic nitrogens is 5. The van der Waals surface area contributed by atoms with Crippen molar-refractivity contribution in [3.05, 3.63) is 34.4 Å². The van der Waals surface area contributed by atoms with Crippen molar-refractivity contribution in [1.82, 2.24) is 24.3 Å². The molecular weight excluding hydrogens is 268 g/mol. The molecule has 0 radical (unpaired) electrons. The van der Waals surface area contributed by atoms with Crippen LogP contribution in [0.1, 0.15) is 37.7 Å². The fourth-order valence-electron chi connectivity index (χ4n) is 2.49. The van der Waals surface area contributed by atoms with Crippen LogP contribution in [-0.2, 0) is 19.5 Å². The molecule has 2 aromatic rings. The Bertz CT molecular complexity index is 657. The fraction of sp³-hybridized carbons (Fsp3) is 0.571. The van der Waals surface area contributed by atoms with Gasteiger partial charge >= 0.3 is 5.69 Å². The Labute approximate surface area is 123 Å². The van der Waals surface area contributed by atoms with E-state index in [1.807, 2.05) is 0 Å². The van der Waals surface area contributed by atoms with E-state index in [1.54, 1.807) is 17.0 Å². The number of aryl methyl sites for hydroxylation is 1. The van der Waals surface area contributed by atoms with Crippen LogP contribution >= 0.6 is 0 Å². The maximum Gasteiger partial charge on any atom is 0.346 e. The quantitative estimate of drug-likeness (QED) is 0.889. The molecule has 21 heavy (non-hydrogen) atoms. The molecule has 1 aliphatic heterocycles. The zero-order chi connectivity index (χ0) is 14.7. The van der Waals surface area contributed by atoms with E-state index in [9.17, 15) is 4.79 Å². The highest BCUT2D eigenvalue weighted by atomic mass is 16.2. The Morgan fingerprint density at radius 3 is 2.90 bits per heavy atom. The lowest BCUT2D eigenvalue weighted by Crippen LogP contribution is -2.27. The van der Waals surface area contributed by atoms with Crippen molar-refractivity contribution >= 4 is 5.82 Å². The van der Waals surface area contributed by atoms with Gasteiger partial charge < -0.3 is 5.32 Å². The molecule has 7 heteroatoms. The largest absolute Gasteiger partial charge is 0.369 e. The van der Waals surface area contributed by atoms with Crippen molar-refractivity contribution in [2.75, 3.05) is 11.9 Å². The monoisotopic (exact) mass is 288 g/mol. The minimum Gasteiger partial charge on any atom is -0.369 e. The molecule has 0 amide bonds. The highest BCUT2D eigenvalue weighted by molar-refractivity contribution is 5.30. The Morgan fingerprint density at radius 1 is 1.29 bits per heavy atom. The smallest absolute Gasteiger partial charge is 0.346 e. The summed E-state index contributed by atoms with van der Waals surface area (Å²) in [6.07, 6.45) is 7.48. The third kappa shape index (κ3) is 2.96. The van der Waals surface area contributed by atoms with Crippen molar-refractivity contribution in [2.45, 2.75) is 45.7 Å². The van der Waals surface area contributed by atoms with Crippen LogP contribution < -0.4 is 11.0 Å². The summed E-state index contributed by atoms with van der Waals surface area (Å²) in [7, 11) is 0. The number of rotatable bonds is 5. The van der Waals surface area contributed by atoms with Crippen molar-refractivity contribution < 1.29 is 0 Å². The summed E-state index contributed by atoms with van der Waals surface area (Å²) in [5.74, 6) is 1.65. The van der Waals surface area contributed by atoms with Crippen molar-refractivity contribution in [2.24, 2.45) is 0 Å². The van der Waals surface area contributed by atoms with Gasteiger partial charge in [0, 0.05) is 19.5 Å². The lowest BCUT2D eigenvalue weighted by atomic mass is 10.2. The van der Waals surface area contributed by atoms with E-state index in [0.717, 1.165) is 56.1 Å². The van der Waals surface area contributed by atoms with Gasteiger partial charge in [0.2, 0.25) is 0 Å². The SMILES string of the molecule is CCCNc1cnc(Cn2nc3n(c2=O)CCCC3)cn1. The molecule has 2 aromatic heterocycles.